The lowest BCUT2D eigenvalue weighted by atomic mass is 10.4. The van der Waals surface area contributed by atoms with Crippen LogP contribution < -0.4 is 0 Å². The van der Waals surface area contributed by atoms with Gasteiger partial charge in [0.2, 0.25) is 0 Å². The lowest BCUT2D eigenvalue weighted by molar-refractivity contribution is 0.0578. The predicted octanol–water partition coefficient (Wildman–Crippen LogP) is 1.73. The van der Waals surface area contributed by atoms with Gasteiger partial charge in [-0.1, -0.05) is 6.08 Å². The summed E-state index contributed by atoms with van der Waals surface area (Å²) in [5, 5.41) is 0. The van der Waals surface area contributed by atoms with E-state index in [0.717, 1.165) is 0 Å². The summed E-state index contributed by atoms with van der Waals surface area (Å²) in [5.74, 6) is 0. The van der Waals surface area contributed by atoms with Crippen LogP contribution in [0.2, 0.25) is 0 Å². The summed E-state index contributed by atoms with van der Waals surface area (Å²) in [5.41, 5.74) is 0. The van der Waals surface area contributed by atoms with Gasteiger partial charge in [-0.25, -0.2) is 4.79 Å². The van der Waals surface area contributed by atoms with Crippen molar-refractivity contribution in [3.05, 3.63) is 12.2 Å². The first kappa shape index (κ1) is 9.01. The van der Waals surface area contributed by atoms with E-state index in [2.05, 4.69) is 4.74 Å². The van der Waals surface area contributed by atoms with E-state index in [9.17, 15) is 4.79 Å². The number of allylic oxidation sites excluding steroid dienone is 1. The Kier molecular flexibility index (Phi) is 4.37. The Labute approximate surface area is 60.6 Å². The van der Waals surface area contributed by atoms with Crippen LogP contribution >= 0.6 is 0 Å². The van der Waals surface area contributed by atoms with E-state index in [4.69, 9.17) is 4.74 Å². The van der Waals surface area contributed by atoms with Crippen molar-refractivity contribution in [2.24, 2.45) is 0 Å². The molecule has 0 aliphatic rings. The Morgan fingerprint density at radius 2 is 2.20 bits per heavy atom. The molecule has 10 heavy (non-hydrogen) atoms. The minimum atomic E-state index is -0.648. The van der Waals surface area contributed by atoms with Crippen LogP contribution in [0.3, 0.4) is 0 Å². The van der Waals surface area contributed by atoms with E-state index in [1.165, 1.54) is 7.11 Å². The second-order valence-corrected chi connectivity index (χ2v) is 1.80. The standard InChI is InChI=1S/C7H12O3/c1-4-5-6(2)10-7(8)9-3/h4-6H,1-3H3/b5-4+/t6-/m1/s1. The van der Waals surface area contributed by atoms with E-state index in [1.807, 2.05) is 13.0 Å². The lowest BCUT2D eigenvalue weighted by Crippen LogP contribution is -2.11. The molecular weight excluding hydrogens is 132 g/mol. The van der Waals surface area contributed by atoms with Crippen molar-refractivity contribution < 1.29 is 14.3 Å². The molecule has 0 amide bonds. The van der Waals surface area contributed by atoms with Gasteiger partial charge in [-0.3, -0.25) is 0 Å². The Bertz CT molecular complexity index is 129. The van der Waals surface area contributed by atoms with Gasteiger partial charge in [0.05, 0.1) is 7.11 Å². The summed E-state index contributed by atoms with van der Waals surface area (Å²) in [4.78, 5) is 10.4. The molecular formula is C7H12O3. The van der Waals surface area contributed by atoms with Crippen LogP contribution in [0, 0.1) is 0 Å². The van der Waals surface area contributed by atoms with Gasteiger partial charge in [-0.15, -0.1) is 0 Å². The molecule has 0 bridgehead atoms. The first-order valence-corrected chi connectivity index (χ1v) is 3.08. The Hall–Kier alpha value is -0.990. The average molecular weight is 144 g/mol. The molecule has 3 heteroatoms. The highest BCUT2D eigenvalue weighted by molar-refractivity contribution is 5.59. The van der Waals surface area contributed by atoms with Crippen LogP contribution in [0.1, 0.15) is 13.8 Å². The maximum atomic E-state index is 10.4. The minimum absolute atomic E-state index is 0.211. The number of ether oxygens (including phenoxy) is 2. The third-order valence-corrected chi connectivity index (χ3v) is 0.912. The zero-order valence-electron chi connectivity index (χ0n) is 6.46. The van der Waals surface area contributed by atoms with Crippen molar-refractivity contribution in [2.75, 3.05) is 7.11 Å². The van der Waals surface area contributed by atoms with Gasteiger partial charge in [0.1, 0.15) is 6.10 Å². The van der Waals surface area contributed by atoms with E-state index in [1.54, 1.807) is 13.0 Å². The highest BCUT2D eigenvalue weighted by atomic mass is 16.7. The zero-order valence-corrected chi connectivity index (χ0v) is 6.46. The number of carbonyl (C=O) groups excluding carboxylic acids is 1. The number of methoxy groups -OCH3 is 1. The van der Waals surface area contributed by atoms with Crippen molar-refractivity contribution in [2.45, 2.75) is 20.0 Å². The van der Waals surface area contributed by atoms with Crippen molar-refractivity contribution in [3.8, 4) is 0 Å². The molecule has 0 fully saturated rings. The molecule has 0 aliphatic carbocycles. The number of carbonyl (C=O) groups is 1. The molecule has 0 aromatic rings. The van der Waals surface area contributed by atoms with E-state index < -0.39 is 6.16 Å². The van der Waals surface area contributed by atoms with Gasteiger partial charge in [-0.05, 0) is 19.9 Å². The fourth-order valence-electron chi connectivity index (χ4n) is 0.510. The smallest absolute Gasteiger partial charge is 0.438 e. The molecule has 3 nitrogen and oxygen atoms in total. The highest BCUT2D eigenvalue weighted by Gasteiger charge is 2.03. The topological polar surface area (TPSA) is 35.5 Å². The van der Waals surface area contributed by atoms with Gasteiger partial charge in [0.25, 0.3) is 0 Å². The fourth-order valence-corrected chi connectivity index (χ4v) is 0.510. The molecule has 0 spiro atoms. The number of rotatable bonds is 2. The third-order valence-electron chi connectivity index (χ3n) is 0.912. The van der Waals surface area contributed by atoms with E-state index in [0.29, 0.717) is 0 Å². The Balaban J connectivity index is 3.57. The van der Waals surface area contributed by atoms with Crippen molar-refractivity contribution in [1.82, 2.24) is 0 Å². The molecule has 1 atom stereocenters. The molecule has 0 saturated carbocycles. The Morgan fingerprint density at radius 3 is 2.60 bits per heavy atom. The molecule has 58 valence electrons. The lowest BCUT2D eigenvalue weighted by Gasteiger charge is -2.05. The van der Waals surface area contributed by atoms with Crippen LogP contribution in [0.15, 0.2) is 12.2 Å². The molecule has 0 saturated heterocycles. The molecule has 0 radical (unpaired) electrons. The molecule has 0 unspecified atom stereocenters. The second-order valence-electron chi connectivity index (χ2n) is 1.80. The molecule has 0 N–H and O–H groups in total. The fraction of sp³-hybridized carbons (Fsp3) is 0.571. The van der Waals surface area contributed by atoms with Gasteiger partial charge >= 0.3 is 6.16 Å². The summed E-state index contributed by atoms with van der Waals surface area (Å²) in [6.07, 6.45) is 2.72. The monoisotopic (exact) mass is 144 g/mol. The highest BCUT2D eigenvalue weighted by Crippen LogP contribution is 1.94. The number of hydrogen-bond donors (Lipinski definition) is 0. The number of hydrogen-bond acceptors (Lipinski definition) is 3. The van der Waals surface area contributed by atoms with Gasteiger partial charge in [0, 0.05) is 0 Å². The van der Waals surface area contributed by atoms with Crippen molar-refractivity contribution in [3.63, 3.8) is 0 Å². The van der Waals surface area contributed by atoms with Gasteiger partial charge in [0.15, 0.2) is 0 Å². The van der Waals surface area contributed by atoms with E-state index in [-0.39, 0.29) is 6.10 Å². The summed E-state index contributed by atoms with van der Waals surface area (Å²) in [6.45, 7) is 3.62. The normalized spacial score (nSPS) is 13.1. The van der Waals surface area contributed by atoms with Crippen LogP contribution in [0.25, 0.3) is 0 Å². The molecule has 0 aliphatic heterocycles. The van der Waals surface area contributed by atoms with Gasteiger partial charge < -0.3 is 9.47 Å². The maximum absolute atomic E-state index is 10.4. The molecule has 0 aromatic carbocycles. The molecule has 0 rings (SSSR count). The first-order chi connectivity index (χ1) is 4.70. The van der Waals surface area contributed by atoms with Crippen LogP contribution in [-0.2, 0) is 9.47 Å². The quantitative estimate of drug-likeness (QED) is 0.437. The average Bonchev–Trinajstić information content (AvgIpc) is 1.88. The largest absolute Gasteiger partial charge is 0.508 e. The Morgan fingerprint density at radius 1 is 1.60 bits per heavy atom. The predicted molar refractivity (Wildman–Crippen MR) is 37.8 cm³/mol. The van der Waals surface area contributed by atoms with Crippen molar-refractivity contribution >= 4 is 6.16 Å². The van der Waals surface area contributed by atoms with Crippen LogP contribution in [0.5, 0.6) is 0 Å². The first-order valence-electron chi connectivity index (χ1n) is 3.08. The zero-order chi connectivity index (χ0) is 7.98. The minimum Gasteiger partial charge on any atom is -0.438 e. The molecule has 0 aromatic heterocycles. The van der Waals surface area contributed by atoms with Crippen LogP contribution in [-0.4, -0.2) is 19.4 Å². The maximum Gasteiger partial charge on any atom is 0.508 e. The molecule has 0 heterocycles. The van der Waals surface area contributed by atoms with Gasteiger partial charge in [-0.2, -0.15) is 0 Å². The summed E-state index contributed by atoms with van der Waals surface area (Å²) in [6, 6.07) is 0. The third kappa shape index (κ3) is 3.95. The van der Waals surface area contributed by atoms with E-state index >= 15 is 0 Å². The summed E-state index contributed by atoms with van der Waals surface area (Å²) in [7, 11) is 1.28. The summed E-state index contributed by atoms with van der Waals surface area (Å²) >= 11 is 0. The summed E-state index contributed by atoms with van der Waals surface area (Å²) < 4.78 is 8.96. The van der Waals surface area contributed by atoms with Crippen molar-refractivity contribution in [1.29, 1.82) is 0 Å². The van der Waals surface area contributed by atoms with Crippen LogP contribution in [0.4, 0.5) is 4.79 Å². The second kappa shape index (κ2) is 4.85. The SMILES string of the molecule is C/C=C/[C@@H](C)OC(=O)OC.